The summed E-state index contributed by atoms with van der Waals surface area (Å²) < 4.78 is 0.949. The molecule has 1 aromatic heterocycles. The normalized spacial score (nSPS) is 16.5. The van der Waals surface area contributed by atoms with Gasteiger partial charge in [0.1, 0.15) is 4.60 Å². The van der Waals surface area contributed by atoms with Crippen LogP contribution in [0.3, 0.4) is 0 Å². The highest BCUT2D eigenvalue weighted by molar-refractivity contribution is 9.10. The Kier molecular flexibility index (Phi) is 2.37. The molecule has 0 aromatic carbocycles. The zero-order valence-electron chi connectivity index (χ0n) is 6.96. The second kappa shape index (κ2) is 3.34. The Bertz CT molecular complexity index is 270. The monoisotopic (exact) mass is 246 g/mol. The number of nitrogens with zero attached hydrogens (tertiary/aromatic N) is 2. The quantitative estimate of drug-likeness (QED) is 0.816. The summed E-state index contributed by atoms with van der Waals surface area (Å²) in [4.78, 5) is 6.60. The van der Waals surface area contributed by atoms with Gasteiger partial charge in [-0.1, -0.05) is 0 Å². The van der Waals surface area contributed by atoms with Crippen LogP contribution >= 0.6 is 27.3 Å². The van der Waals surface area contributed by atoms with Gasteiger partial charge in [0.25, 0.3) is 0 Å². The Labute approximate surface area is 84.7 Å². The van der Waals surface area contributed by atoms with Gasteiger partial charge in [0, 0.05) is 19.0 Å². The lowest BCUT2D eigenvalue weighted by Gasteiger charge is -2.14. The van der Waals surface area contributed by atoms with Crippen molar-refractivity contribution in [1.82, 2.24) is 4.98 Å². The van der Waals surface area contributed by atoms with Crippen LogP contribution in [0.4, 0.5) is 5.13 Å². The Balaban J connectivity index is 1.97. The molecule has 12 heavy (non-hydrogen) atoms. The van der Waals surface area contributed by atoms with Crippen molar-refractivity contribution >= 4 is 32.4 Å². The number of hydrogen-bond acceptors (Lipinski definition) is 3. The number of aromatic nitrogens is 1. The molecule has 0 bridgehead atoms. The Hall–Kier alpha value is -0.0900. The second-order valence-corrected chi connectivity index (χ2v) is 4.93. The fourth-order valence-electron chi connectivity index (χ4n) is 1.19. The van der Waals surface area contributed by atoms with Gasteiger partial charge in [-0.15, -0.1) is 11.3 Å². The van der Waals surface area contributed by atoms with Crippen LogP contribution in [0, 0.1) is 5.92 Å². The Morgan fingerprint density at radius 2 is 2.50 bits per heavy atom. The Morgan fingerprint density at radius 3 is 3.00 bits per heavy atom. The van der Waals surface area contributed by atoms with E-state index in [4.69, 9.17) is 0 Å². The number of rotatable bonds is 3. The summed E-state index contributed by atoms with van der Waals surface area (Å²) in [5.74, 6) is 0.928. The summed E-state index contributed by atoms with van der Waals surface area (Å²) in [7, 11) is 2.11. The van der Waals surface area contributed by atoms with Crippen molar-refractivity contribution in [3.05, 3.63) is 9.98 Å². The first-order valence-corrected chi connectivity index (χ1v) is 5.75. The van der Waals surface area contributed by atoms with Gasteiger partial charge in [0.2, 0.25) is 0 Å². The minimum absolute atomic E-state index is 0.928. The van der Waals surface area contributed by atoms with Crippen molar-refractivity contribution in [2.24, 2.45) is 5.92 Å². The van der Waals surface area contributed by atoms with Crippen LogP contribution in [0.15, 0.2) is 9.98 Å². The summed E-state index contributed by atoms with van der Waals surface area (Å²) >= 11 is 5.05. The van der Waals surface area contributed by atoms with E-state index in [1.54, 1.807) is 11.3 Å². The molecule has 2 rings (SSSR count). The first kappa shape index (κ1) is 8.51. The summed E-state index contributed by atoms with van der Waals surface area (Å²) in [5.41, 5.74) is 0. The fourth-order valence-corrected chi connectivity index (χ4v) is 2.41. The van der Waals surface area contributed by atoms with Crippen LogP contribution < -0.4 is 4.90 Å². The van der Waals surface area contributed by atoms with Gasteiger partial charge in [0.15, 0.2) is 5.13 Å². The molecular formula is C8H11BrN2S. The number of anilines is 1. The third-order valence-electron chi connectivity index (χ3n) is 2.02. The average molecular weight is 247 g/mol. The van der Waals surface area contributed by atoms with Crippen LogP contribution in [0.1, 0.15) is 12.8 Å². The van der Waals surface area contributed by atoms with E-state index >= 15 is 0 Å². The van der Waals surface area contributed by atoms with Crippen molar-refractivity contribution in [2.75, 3.05) is 18.5 Å². The number of halogens is 1. The van der Waals surface area contributed by atoms with Gasteiger partial charge < -0.3 is 4.90 Å². The molecule has 66 valence electrons. The lowest BCUT2D eigenvalue weighted by Crippen LogP contribution is -2.19. The highest BCUT2D eigenvalue weighted by atomic mass is 79.9. The molecule has 0 amide bonds. The molecule has 0 atom stereocenters. The van der Waals surface area contributed by atoms with E-state index in [0.717, 1.165) is 15.7 Å². The maximum absolute atomic E-state index is 4.35. The molecule has 1 aromatic rings. The maximum atomic E-state index is 4.35. The number of thiazole rings is 1. The molecule has 1 saturated carbocycles. The minimum Gasteiger partial charge on any atom is -0.351 e. The smallest absolute Gasteiger partial charge is 0.186 e. The molecule has 2 nitrogen and oxygen atoms in total. The van der Waals surface area contributed by atoms with Crippen molar-refractivity contribution < 1.29 is 0 Å². The summed E-state index contributed by atoms with van der Waals surface area (Å²) in [6.45, 7) is 1.17. The van der Waals surface area contributed by atoms with Gasteiger partial charge in [-0.25, -0.2) is 4.98 Å². The lowest BCUT2D eigenvalue weighted by atomic mass is 10.4. The van der Waals surface area contributed by atoms with Crippen LogP contribution in [0.2, 0.25) is 0 Å². The Morgan fingerprint density at radius 1 is 1.75 bits per heavy atom. The molecule has 0 N–H and O–H groups in total. The molecular weight excluding hydrogens is 236 g/mol. The van der Waals surface area contributed by atoms with E-state index in [2.05, 4.69) is 32.9 Å². The first-order chi connectivity index (χ1) is 5.75. The molecule has 1 aliphatic rings. The van der Waals surface area contributed by atoms with Crippen molar-refractivity contribution in [2.45, 2.75) is 12.8 Å². The zero-order valence-corrected chi connectivity index (χ0v) is 9.36. The van der Waals surface area contributed by atoms with Crippen molar-refractivity contribution in [3.63, 3.8) is 0 Å². The van der Waals surface area contributed by atoms with E-state index in [1.165, 1.54) is 19.4 Å². The molecule has 0 saturated heterocycles. The summed E-state index contributed by atoms with van der Waals surface area (Å²) in [5, 5.41) is 3.15. The topological polar surface area (TPSA) is 16.1 Å². The third kappa shape index (κ3) is 1.98. The third-order valence-corrected chi connectivity index (χ3v) is 3.68. The predicted molar refractivity (Wildman–Crippen MR) is 55.8 cm³/mol. The minimum atomic E-state index is 0.928. The van der Waals surface area contributed by atoms with Gasteiger partial charge in [-0.3, -0.25) is 0 Å². The standard InChI is InChI=1S/C8H11BrN2S/c1-11(4-6-2-3-6)8-10-7(9)5-12-8/h5-6H,2-4H2,1H3. The van der Waals surface area contributed by atoms with E-state index in [1.807, 2.05) is 5.38 Å². The number of hydrogen-bond donors (Lipinski definition) is 0. The van der Waals surface area contributed by atoms with E-state index in [-0.39, 0.29) is 0 Å². The van der Waals surface area contributed by atoms with Crippen LogP contribution in [-0.2, 0) is 0 Å². The van der Waals surface area contributed by atoms with Gasteiger partial charge in [0.05, 0.1) is 0 Å². The first-order valence-electron chi connectivity index (χ1n) is 4.08. The molecule has 1 aliphatic carbocycles. The van der Waals surface area contributed by atoms with Crippen LogP contribution in [0.5, 0.6) is 0 Å². The second-order valence-electron chi connectivity index (χ2n) is 3.28. The van der Waals surface area contributed by atoms with E-state index in [9.17, 15) is 0 Å². The molecule has 4 heteroatoms. The van der Waals surface area contributed by atoms with Crippen LogP contribution in [-0.4, -0.2) is 18.6 Å². The maximum Gasteiger partial charge on any atom is 0.186 e. The molecule has 0 radical (unpaired) electrons. The lowest BCUT2D eigenvalue weighted by molar-refractivity contribution is 0.784. The van der Waals surface area contributed by atoms with Gasteiger partial charge in [-0.05, 0) is 34.7 Å². The average Bonchev–Trinajstić information content (AvgIpc) is 2.72. The predicted octanol–water partition coefficient (Wildman–Crippen LogP) is 2.75. The van der Waals surface area contributed by atoms with Crippen molar-refractivity contribution in [1.29, 1.82) is 0 Å². The molecule has 1 fully saturated rings. The van der Waals surface area contributed by atoms with Crippen LogP contribution in [0.25, 0.3) is 0 Å². The molecule has 0 aliphatic heterocycles. The van der Waals surface area contributed by atoms with Gasteiger partial charge in [-0.2, -0.15) is 0 Å². The zero-order chi connectivity index (χ0) is 8.55. The van der Waals surface area contributed by atoms with E-state index < -0.39 is 0 Å². The highest BCUT2D eigenvalue weighted by Crippen LogP contribution is 2.32. The molecule has 0 unspecified atom stereocenters. The largest absolute Gasteiger partial charge is 0.351 e. The molecule has 1 heterocycles. The molecule has 0 spiro atoms. The summed E-state index contributed by atoms with van der Waals surface area (Å²) in [6.07, 6.45) is 2.80. The van der Waals surface area contributed by atoms with Gasteiger partial charge >= 0.3 is 0 Å². The summed E-state index contributed by atoms with van der Waals surface area (Å²) in [6, 6.07) is 0. The fraction of sp³-hybridized carbons (Fsp3) is 0.625. The van der Waals surface area contributed by atoms with Crippen molar-refractivity contribution in [3.8, 4) is 0 Å². The highest BCUT2D eigenvalue weighted by Gasteiger charge is 2.23. The van der Waals surface area contributed by atoms with E-state index in [0.29, 0.717) is 0 Å². The SMILES string of the molecule is CN(CC1CC1)c1nc(Br)cs1.